The molecule has 1 fully saturated rings. The molecule has 1 aromatic rings. The third-order valence-electron chi connectivity index (χ3n) is 4.27. The fourth-order valence-corrected chi connectivity index (χ4v) is 2.81. The Labute approximate surface area is 142 Å². The molecule has 1 aliphatic rings. The van der Waals surface area contributed by atoms with E-state index >= 15 is 0 Å². The second kappa shape index (κ2) is 7.49. The van der Waals surface area contributed by atoms with Gasteiger partial charge in [-0.1, -0.05) is 0 Å². The predicted octanol–water partition coefficient (Wildman–Crippen LogP) is 4.50. The molecular formula is C15H19ClF6N2. The average Bonchev–Trinajstić information content (AvgIpc) is 2.93. The van der Waals surface area contributed by atoms with Crippen LogP contribution >= 0.6 is 12.4 Å². The zero-order valence-corrected chi connectivity index (χ0v) is 13.9. The van der Waals surface area contributed by atoms with Gasteiger partial charge in [-0.3, -0.25) is 4.90 Å². The van der Waals surface area contributed by atoms with Crippen LogP contribution in [0.3, 0.4) is 0 Å². The minimum absolute atomic E-state index is 0. The largest absolute Gasteiger partial charge is 0.416 e. The molecule has 0 aromatic heterocycles. The number of likely N-dealkylation sites (N-methyl/N-ethyl adjacent to an activating group) is 1. The summed E-state index contributed by atoms with van der Waals surface area (Å²) in [5.74, 6) is 0. The Bertz CT molecular complexity index is 526. The van der Waals surface area contributed by atoms with Crippen molar-refractivity contribution in [2.45, 2.75) is 37.8 Å². The lowest BCUT2D eigenvalue weighted by atomic mass is 9.99. The van der Waals surface area contributed by atoms with E-state index in [4.69, 9.17) is 0 Å². The maximum atomic E-state index is 12.9. The van der Waals surface area contributed by atoms with Crippen LogP contribution in [0.15, 0.2) is 18.2 Å². The Morgan fingerprint density at radius 2 is 1.54 bits per heavy atom. The van der Waals surface area contributed by atoms with E-state index in [1.54, 1.807) is 14.0 Å². The molecule has 9 heteroatoms. The summed E-state index contributed by atoms with van der Waals surface area (Å²) < 4.78 is 77.4. The first-order valence-electron chi connectivity index (χ1n) is 7.23. The van der Waals surface area contributed by atoms with Crippen LogP contribution in [-0.2, 0) is 12.4 Å². The van der Waals surface area contributed by atoms with E-state index in [1.165, 1.54) is 0 Å². The molecule has 1 aromatic carbocycles. The second-order valence-electron chi connectivity index (χ2n) is 5.78. The highest BCUT2D eigenvalue weighted by Crippen LogP contribution is 2.38. The van der Waals surface area contributed by atoms with Gasteiger partial charge in [0.2, 0.25) is 0 Å². The summed E-state index contributed by atoms with van der Waals surface area (Å²) in [5.41, 5.74) is -2.50. The van der Waals surface area contributed by atoms with Gasteiger partial charge >= 0.3 is 12.4 Å². The van der Waals surface area contributed by atoms with Crippen molar-refractivity contribution in [3.63, 3.8) is 0 Å². The van der Waals surface area contributed by atoms with Crippen molar-refractivity contribution >= 4 is 12.4 Å². The van der Waals surface area contributed by atoms with Gasteiger partial charge in [0.05, 0.1) is 11.1 Å². The lowest BCUT2D eigenvalue weighted by Crippen LogP contribution is -2.31. The van der Waals surface area contributed by atoms with Gasteiger partial charge < -0.3 is 5.32 Å². The van der Waals surface area contributed by atoms with Crippen molar-refractivity contribution in [3.05, 3.63) is 34.9 Å². The van der Waals surface area contributed by atoms with E-state index in [9.17, 15) is 26.3 Å². The molecule has 0 aliphatic carbocycles. The predicted molar refractivity (Wildman–Crippen MR) is 81.1 cm³/mol. The summed E-state index contributed by atoms with van der Waals surface area (Å²) in [7, 11) is 1.78. The molecule has 1 aliphatic heterocycles. The van der Waals surface area contributed by atoms with Gasteiger partial charge in [-0.2, -0.15) is 26.3 Å². The lowest BCUT2D eigenvalue weighted by Gasteiger charge is -2.26. The van der Waals surface area contributed by atoms with Crippen LogP contribution in [0.1, 0.15) is 36.1 Å². The zero-order chi connectivity index (χ0) is 17.4. The van der Waals surface area contributed by atoms with Gasteiger partial charge in [0.25, 0.3) is 0 Å². The van der Waals surface area contributed by atoms with E-state index in [1.807, 2.05) is 4.90 Å². The Morgan fingerprint density at radius 1 is 1.04 bits per heavy atom. The number of nitrogens with zero attached hydrogens (tertiary/aromatic N) is 1. The minimum atomic E-state index is -4.81. The summed E-state index contributed by atoms with van der Waals surface area (Å²) in [6.45, 7) is 2.85. The van der Waals surface area contributed by atoms with Crippen LogP contribution in [0.2, 0.25) is 0 Å². The Balaban J connectivity index is 0.00000288. The number of likely N-dealkylation sites (tertiary alicyclic amines) is 1. The Hall–Kier alpha value is -0.990. The summed E-state index contributed by atoms with van der Waals surface area (Å²) in [5, 5.41) is 3.07. The smallest absolute Gasteiger partial charge is 0.316 e. The number of alkyl halides is 6. The van der Waals surface area contributed by atoms with Crippen LogP contribution < -0.4 is 5.32 Å². The number of hydrogen-bond acceptors (Lipinski definition) is 2. The van der Waals surface area contributed by atoms with Gasteiger partial charge in [-0.25, -0.2) is 0 Å². The molecule has 2 nitrogen and oxygen atoms in total. The third-order valence-corrected chi connectivity index (χ3v) is 4.27. The molecule has 0 radical (unpaired) electrons. The van der Waals surface area contributed by atoms with E-state index in [0.717, 1.165) is 18.6 Å². The first-order valence-corrected chi connectivity index (χ1v) is 7.23. The van der Waals surface area contributed by atoms with Gasteiger partial charge in [-0.05, 0) is 44.2 Å². The van der Waals surface area contributed by atoms with Crippen molar-refractivity contribution in [1.29, 1.82) is 0 Å². The number of halogens is 7. The molecule has 0 spiro atoms. The zero-order valence-electron chi connectivity index (χ0n) is 13.1. The molecule has 0 bridgehead atoms. The first kappa shape index (κ1) is 21.1. The number of benzene rings is 1. The van der Waals surface area contributed by atoms with Crippen LogP contribution in [0.25, 0.3) is 0 Å². The van der Waals surface area contributed by atoms with E-state index in [2.05, 4.69) is 5.32 Å². The highest BCUT2D eigenvalue weighted by Gasteiger charge is 2.38. The third kappa shape index (κ3) is 4.77. The van der Waals surface area contributed by atoms with Crippen molar-refractivity contribution < 1.29 is 26.3 Å². The van der Waals surface area contributed by atoms with E-state index < -0.39 is 29.5 Å². The lowest BCUT2D eigenvalue weighted by molar-refractivity contribution is -0.143. The van der Waals surface area contributed by atoms with Crippen LogP contribution in [0.4, 0.5) is 26.3 Å². The molecule has 138 valence electrons. The summed E-state index contributed by atoms with van der Waals surface area (Å²) in [4.78, 5) is 1.89. The minimum Gasteiger partial charge on any atom is -0.316 e. The van der Waals surface area contributed by atoms with Crippen LogP contribution in [-0.4, -0.2) is 31.1 Å². The quantitative estimate of drug-likeness (QED) is 0.781. The Kier molecular flexibility index (Phi) is 6.57. The molecule has 1 saturated heterocycles. The van der Waals surface area contributed by atoms with Gasteiger partial charge in [-0.15, -0.1) is 12.4 Å². The number of hydrogen-bond donors (Lipinski definition) is 1. The van der Waals surface area contributed by atoms with Crippen molar-refractivity contribution in [2.24, 2.45) is 0 Å². The standard InChI is InChI=1S/C15H18F6N2.ClH/c1-9(23-4-3-13(8-23)22-2)10-5-11(14(16,17)18)7-12(6-10)15(19,20)21;/h5-7,9,13,22H,3-4,8H2,1-2H3;1H. The monoisotopic (exact) mass is 376 g/mol. The fraction of sp³-hybridized carbons (Fsp3) is 0.600. The van der Waals surface area contributed by atoms with E-state index in [0.29, 0.717) is 13.1 Å². The normalized spacial score (nSPS) is 20.8. The maximum absolute atomic E-state index is 12.9. The SMILES string of the molecule is CNC1CCN(C(C)c2cc(C(F)(F)F)cc(C(F)(F)F)c2)C1.Cl. The van der Waals surface area contributed by atoms with Gasteiger partial charge in [0.1, 0.15) is 0 Å². The highest BCUT2D eigenvalue weighted by molar-refractivity contribution is 5.85. The molecule has 0 saturated carbocycles. The maximum Gasteiger partial charge on any atom is 0.416 e. The molecule has 0 amide bonds. The number of rotatable bonds is 3. The summed E-state index contributed by atoms with van der Waals surface area (Å²) in [6.07, 6.45) is -8.81. The molecule has 2 rings (SSSR count). The molecule has 2 unspecified atom stereocenters. The van der Waals surface area contributed by atoms with Crippen molar-refractivity contribution in [3.8, 4) is 0 Å². The van der Waals surface area contributed by atoms with Crippen LogP contribution in [0.5, 0.6) is 0 Å². The fourth-order valence-electron chi connectivity index (χ4n) is 2.81. The first-order chi connectivity index (χ1) is 10.5. The second-order valence-corrected chi connectivity index (χ2v) is 5.78. The van der Waals surface area contributed by atoms with Crippen molar-refractivity contribution in [2.75, 3.05) is 20.1 Å². The molecule has 1 N–H and O–H groups in total. The van der Waals surface area contributed by atoms with Gasteiger partial charge in [0.15, 0.2) is 0 Å². The molecule has 24 heavy (non-hydrogen) atoms. The molecular weight excluding hydrogens is 358 g/mol. The average molecular weight is 377 g/mol. The summed E-state index contributed by atoms with van der Waals surface area (Å²) >= 11 is 0. The summed E-state index contributed by atoms with van der Waals surface area (Å²) in [6, 6.07) is 1.47. The van der Waals surface area contributed by atoms with Gasteiger partial charge in [0, 0.05) is 25.2 Å². The Morgan fingerprint density at radius 3 is 1.92 bits per heavy atom. The van der Waals surface area contributed by atoms with E-state index in [-0.39, 0.29) is 30.1 Å². The van der Waals surface area contributed by atoms with Crippen LogP contribution in [0, 0.1) is 0 Å². The highest BCUT2D eigenvalue weighted by atomic mass is 35.5. The number of nitrogens with one attached hydrogen (secondary N) is 1. The molecule has 1 heterocycles. The van der Waals surface area contributed by atoms with Crippen molar-refractivity contribution in [1.82, 2.24) is 10.2 Å². The topological polar surface area (TPSA) is 15.3 Å². The molecule has 2 atom stereocenters.